The van der Waals surface area contributed by atoms with Crippen LogP contribution in [0.15, 0.2) is 4.47 Å². The van der Waals surface area contributed by atoms with E-state index in [0.717, 1.165) is 37.9 Å². The minimum absolute atomic E-state index is 0.294. The summed E-state index contributed by atoms with van der Waals surface area (Å²) < 4.78 is 3.29. The van der Waals surface area contributed by atoms with E-state index in [2.05, 4.69) is 53.4 Å². The fourth-order valence-electron chi connectivity index (χ4n) is 2.30. The van der Waals surface area contributed by atoms with Gasteiger partial charge in [-0.05, 0) is 54.5 Å². The minimum Gasteiger partial charge on any atom is -0.328 e. The van der Waals surface area contributed by atoms with Crippen molar-refractivity contribution in [1.82, 2.24) is 9.78 Å². The Balaban J connectivity index is 2.69. The molecule has 0 spiro atoms. The molecule has 2 N–H and O–H groups in total. The number of aromatic nitrogens is 2. The van der Waals surface area contributed by atoms with Gasteiger partial charge in [0.15, 0.2) is 0 Å². The quantitative estimate of drug-likeness (QED) is 0.836. The van der Waals surface area contributed by atoms with Crippen LogP contribution in [-0.4, -0.2) is 15.8 Å². The van der Waals surface area contributed by atoms with Crippen molar-refractivity contribution in [2.75, 3.05) is 0 Å². The molecule has 1 rings (SSSR count). The first-order chi connectivity index (χ1) is 8.49. The highest BCUT2D eigenvalue weighted by Gasteiger charge is 2.15. The number of rotatable bonds is 7. The van der Waals surface area contributed by atoms with Crippen LogP contribution in [-0.2, 0) is 19.4 Å². The van der Waals surface area contributed by atoms with E-state index in [1.807, 2.05) is 0 Å². The number of nitrogens with two attached hydrogens (primary N) is 1. The van der Waals surface area contributed by atoms with Gasteiger partial charge in [0, 0.05) is 12.6 Å². The van der Waals surface area contributed by atoms with Crippen LogP contribution in [0.5, 0.6) is 0 Å². The van der Waals surface area contributed by atoms with Crippen molar-refractivity contribution < 1.29 is 0 Å². The lowest BCUT2D eigenvalue weighted by molar-refractivity contribution is 0.466. The standard InChI is InChI=1S/C14H26BrN3/c1-5-12-14(15)13(18(6-2)17-12)8-7-11(16)9-10(3)4/h10-11H,5-9,16H2,1-4H3. The molecule has 3 nitrogen and oxygen atoms in total. The second-order valence-corrected chi connectivity index (χ2v) is 6.10. The Morgan fingerprint density at radius 2 is 2.00 bits per heavy atom. The molecule has 0 radical (unpaired) electrons. The fourth-order valence-corrected chi connectivity index (χ4v) is 3.06. The van der Waals surface area contributed by atoms with Gasteiger partial charge < -0.3 is 5.73 Å². The molecule has 0 fully saturated rings. The summed E-state index contributed by atoms with van der Waals surface area (Å²) in [7, 11) is 0. The first kappa shape index (κ1) is 15.7. The molecule has 1 aromatic rings. The van der Waals surface area contributed by atoms with Gasteiger partial charge in [-0.15, -0.1) is 0 Å². The topological polar surface area (TPSA) is 43.8 Å². The Bertz CT molecular complexity index is 371. The van der Waals surface area contributed by atoms with Crippen molar-refractivity contribution in [1.29, 1.82) is 0 Å². The van der Waals surface area contributed by atoms with E-state index in [1.165, 1.54) is 10.2 Å². The van der Waals surface area contributed by atoms with Crippen LogP contribution in [0.3, 0.4) is 0 Å². The van der Waals surface area contributed by atoms with E-state index in [1.54, 1.807) is 0 Å². The van der Waals surface area contributed by atoms with Crippen molar-refractivity contribution in [2.45, 2.75) is 66.0 Å². The van der Waals surface area contributed by atoms with Crippen LogP contribution in [0, 0.1) is 5.92 Å². The summed E-state index contributed by atoms with van der Waals surface area (Å²) in [5.74, 6) is 0.672. The third kappa shape index (κ3) is 4.09. The molecule has 0 aliphatic carbocycles. The Kier molecular flexibility index (Phi) is 6.36. The van der Waals surface area contributed by atoms with Gasteiger partial charge in [0.1, 0.15) is 0 Å². The number of hydrogen-bond donors (Lipinski definition) is 1. The van der Waals surface area contributed by atoms with Gasteiger partial charge in [0.05, 0.1) is 15.9 Å². The van der Waals surface area contributed by atoms with Crippen molar-refractivity contribution in [3.8, 4) is 0 Å². The van der Waals surface area contributed by atoms with Crippen LogP contribution in [0.2, 0.25) is 0 Å². The molecule has 0 aliphatic rings. The molecule has 104 valence electrons. The maximum absolute atomic E-state index is 6.16. The molecule has 0 bridgehead atoms. The molecule has 0 aliphatic heterocycles. The van der Waals surface area contributed by atoms with E-state index in [4.69, 9.17) is 5.73 Å². The molecule has 0 saturated carbocycles. The van der Waals surface area contributed by atoms with Gasteiger partial charge in [-0.1, -0.05) is 20.8 Å². The lowest BCUT2D eigenvalue weighted by Crippen LogP contribution is -2.23. The first-order valence-electron chi connectivity index (χ1n) is 6.99. The van der Waals surface area contributed by atoms with Gasteiger partial charge >= 0.3 is 0 Å². The molecule has 0 aromatic carbocycles. The van der Waals surface area contributed by atoms with Crippen LogP contribution < -0.4 is 5.73 Å². The molecule has 1 atom stereocenters. The summed E-state index contributed by atoms with van der Waals surface area (Å²) in [6.45, 7) is 9.65. The molecular weight excluding hydrogens is 290 g/mol. The highest BCUT2D eigenvalue weighted by Crippen LogP contribution is 2.24. The summed E-state index contributed by atoms with van der Waals surface area (Å²) in [5, 5.41) is 4.61. The lowest BCUT2D eigenvalue weighted by atomic mass is 10.00. The summed E-state index contributed by atoms with van der Waals surface area (Å²) in [6, 6.07) is 0.294. The zero-order valence-electron chi connectivity index (χ0n) is 12.0. The summed E-state index contributed by atoms with van der Waals surface area (Å²) >= 11 is 3.68. The van der Waals surface area contributed by atoms with E-state index in [9.17, 15) is 0 Å². The molecular formula is C14H26BrN3. The number of aryl methyl sites for hydroxylation is 2. The van der Waals surface area contributed by atoms with Gasteiger partial charge in [0.25, 0.3) is 0 Å². The predicted molar refractivity (Wildman–Crippen MR) is 80.7 cm³/mol. The molecule has 18 heavy (non-hydrogen) atoms. The maximum Gasteiger partial charge on any atom is 0.0766 e. The van der Waals surface area contributed by atoms with Crippen molar-refractivity contribution in [3.05, 3.63) is 15.9 Å². The normalized spacial score (nSPS) is 13.3. The van der Waals surface area contributed by atoms with Gasteiger partial charge in [-0.2, -0.15) is 5.10 Å². The zero-order chi connectivity index (χ0) is 13.7. The largest absolute Gasteiger partial charge is 0.328 e. The second-order valence-electron chi connectivity index (χ2n) is 5.30. The highest BCUT2D eigenvalue weighted by molar-refractivity contribution is 9.10. The highest BCUT2D eigenvalue weighted by atomic mass is 79.9. The van der Waals surface area contributed by atoms with Crippen LogP contribution in [0.25, 0.3) is 0 Å². The fraction of sp³-hybridized carbons (Fsp3) is 0.786. The zero-order valence-corrected chi connectivity index (χ0v) is 13.6. The van der Waals surface area contributed by atoms with Crippen molar-refractivity contribution in [3.63, 3.8) is 0 Å². The third-order valence-electron chi connectivity index (χ3n) is 3.22. The van der Waals surface area contributed by atoms with Crippen LogP contribution >= 0.6 is 15.9 Å². The molecule has 0 saturated heterocycles. The van der Waals surface area contributed by atoms with Gasteiger partial charge in [-0.3, -0.25) is 4.68 Å². The van der Waals surface area contributed by atoms with E-state index in [-0.39, 0.29) is 0 Å². The van der Waals surface area contributed by atoms with Crippen molar-refractivity contribution >= 4 is 15.9 Å². The smallest absolute Gasteiger partial charge is 0.0766 e. The predicted octanol–water partition coefficient (Wildman–Crippen LogP) is 3.53. The Morgan fingerprint density at radius 1 is 1.33 bits per heavy atom. The molecule has 1 heterocycles. The van der Waals surface area contributed by atoms with E-state index in [0.29, 0.717) is 12.0 Å². The molecule has 1 aromatic heterocycles. The lowest BCUT2D eigenvalue weighted by Gasteiger charge is -2.14. The minimum atomic E-state index is 0.294. The summed E-state index contributed by atoms with van der Waals surface area (Å²) in [6.07, 6.45) is 4.11. The average Bonchev–Trinajstić information content (AvgIpc) is 2.62. The van der Waals surface area contributed by atoms with Crippen LogP contribution in [0.1, 0.15) is 51.9 Å². The summed E-state index contributed by atoms with van der Waals surface area (Å²) in [5.41, 5.74) is 8.61. The maximum atomic E-state index is 6.16. The SMILES string of the molecule is CCc1nn(CC)c(CCC(N)CC(C)C)c1Br. The van der Waals surface area contributed by atoms with Crippen LogP contribution in [0.4, 0.5) is 0 Å². The van der Waals surface area contributed by atoms with E-state index < -0.39 is 0 Å². The molecule has 0 amide bonds. The van der Waals surface area contributed by atoms with Crippen molar-refractivity contribution in [2.24, 2.45) is 11.7 Å². The first-order valence-corrected chi connectivity index (χ1v) is 7.78. The molecule has 1 unspecified atom stereocenters. The Morgan fingerprint density at radius 3 is 2.50 bits per heavy atom. The molecule has 4 heteroatoms. The van der Waals surface area contributed by atoms with E-state index >= 15 is 0 Å². The second kappa shape index (κ2) is 7.29. The summed E-state index contributed by atoms with van der Waals surface area (Å²) in [4.78, 5) is 0. The number of nitrogens with zero attached hydrogens (tertiary/aromatic N) is 2. The monoisotopic (exact) mass is 315 g/mol. The number of hydrogen-bond acceptors (Lipinski definition) is 2. The Labute approximate surface area is 119 Å². The third-order valence-corrected chi connectivity index (χ3v) is 4.14. The van der Waals surface area contributed by atoms with Gasteiger partial charge in [0.2, 0.25) is 0 Å². The Hall–Kier alpha value is -0.350. The average molecular weight is 316 g/mol. The number of halogens is 1. The van der Waals surface area contributed by atoms with Gasteiger partial charge in [-0.25, -0.2) is 0 Å².